The Kier molecular flexibility index (Phi) is 4.12. The minimum Gasteiger partial charge on any atom is -0.296 e. The van der Waals surface area contributed by atoms with Crippen molar-refractivity contribution in [3.63, 3.8) is 0 Å². The Bertz CT molecular complexity index is 526. The summed E-state index contributed by atoms with van der Waals surface area (Å²) in [6.07, 6.45) is 0.132. The lowest BCUT2D eigenvalue weighted by Crippen LogP contribution is -2.40. The van der Waals surface area contributed by atoms with Crippen molar-refractivity contribution >= 4 is 0 Å². The largest absolute Gasteiger partial charge is 0.296 e. The van der Waals surface area contributed by atoms with Crippen LogP contribution in [0.1, 0.15) is 23.5 Å². The van der Waals surface area contributed by atoms with E-state index in [0.717, 1.165) is 25.1 Å². The second kappa shape index (κ2) is 6.19. The standard InChI is InChI=1S/C18H20FN/c19-18-14-20(13-15-7-3-1-4-8-15)12-11-17(18)16-9-5-2-6-10-16/h1-10,17-18H,11-14H2. The molecule has 1 heterocycles. The van der Waals surface area contributed by atoms with Crippen LogP contribution in [0.5, 0.6) is 0 Å². The van der Waals surface area contributed by atoms with Crippen LogP contribution in [0.25, 0.3) is 0 Å². The molecule has 2 atom stereocenters. The molecule has 2 aromatic carbocycles. The lowest BCUT2D eigenvalue weighted by atomic mass is 9.88. The average Bonchev–Trinajstić information content (AvgIpc) is 2.49. The van der Waals surface area contributed by atoms with Crippen molar-refractivity contribution in [2.45, 2.75) is 25.1 Å². The fraction of sp³-hybridized carbons (Fsp3) is 0.333. The van der Waals surface area contributed by atoms with E-state index < -0.39 is 6.17 Å². The molecule has 1 fully saturated rings. The van der Waals surface area contributed by atoms with E-state index in [9.17, 15) is 4.39 Å². The molecule has 2 aromatic rings. The molecule has 0 amide bonds. The normalized spacial score (nSPS) is 23.6. The molecule has 1 aliphatic heterocycles. The van der Waals surface area contributed by atoms with Gasteiger partial charge in [0.15, 0.2) is 0 Å². The molecular formula is C18H20FN. The second-order valence-electron chi connectivity index (χ2n) is 5.54. The van der Waals surface area contributed by atoms with Crippen LogP contribution in [0.4, 0.5) is 4.39 Å². The number of halogens is 1. The Labute approximate surface area is 120 Å². The SMILES string of the molecule is FC1CN(Cc2ccccc2)CCC1c1ccccc1. The monoisotopic (exact) mass is 269 g/mol. The van der Waals surface area contributed by atoms with Crippen LogP contribution in [0.15, 0.2) is 60.7 Å². The third-order valence-electron chi connectivity index (χ3n) is 4.10. The molecule has 0 bridgehead atoms. The summed E-state index contributed by atoms with van der Waals surface area (Å²) >= 11 is 0. The van der Waals surface area contributed by atoms with Gasteiger partial charge in [0, 0.05) is 19.0 Å². The highest BCUT2D eigenvalue weighted by Crippen LogP contribution is 2.30. The first kappa shape index (κ1) is 13.3. The maximum atomic E-state index is 14.4. The third kappa shape index (κ3) is 3.07. The van der Waals surface area contributed by atoms with Gasteiger partial charge >= 0.3 is 0 Å². The van der Waals surface area contributed by atoms with Crippen molar-refractivity contribution in [2.75, 3.05) is 13.1 Å². The number of hydrogen-bond donors (Lipinski definition) is 0. The van der Waals surface area contributed by atoms with E-state index >= 15 is 0 Å². The van der Waals surface area contributed by atoms with Crippen molar-refractivity contribution in [2.24, 2.45) is 0 Å². The zero-order valence-electron chi connectivity index (χ0n) is 11.6. The van der Waals surface area contributed by atoms with Crippen molar-refractivity contribution in [3.8, 4) is 0 Å². The molecule has 2 heteroatoms. The first-order valence-corrected chi connectivity index (χ1v) is 7.28. The zero-order valence-corrected chi connectivity index (χ0v) is 11.6. The van der Waals surface area contributed by atoms with E-state index in [1.165, 1.54) is 5.56 Å². The molecule has 1 nitrogen and oxygen atoms in total. The Morgan fingerprint density at radius 2 is 1.60 bits per heavy atom. The summed E-state index contributed by atoms with van der Waals surface area (Å²) in [6, 6.07) is 20.4. The Morgan fingerprint density at radius 1 is 0.950 bits per heavy atom. The van der Waals surface area contributed by atoms with Crippen LogP contribution < -0.4 is 0 Å². The van der Waals surface area contributed by atoms with E-state index in [1.54, 1.807) is 0 Å². The fourth-order valence-electron chi connectivity index (χ4n) is 3.03. The lowest BCUT2D eigenvalue weighted by molar-refractivity contribution is 0.112. The zero-order chi connectivity index (χ0) is 13.8. The summed E-state index contributed by atoms with van der Waals surface area (Å²) in [5.41, 5.74) is 2.40. The Balaban J connectivity index is 1.62. The summed E-state index contributed by atoms with van der Waals surface area (Å²) in [4.78, 5) is 2.22. The highest BCUT2D eigenvalue weighted by atomic mass is 19.1. The fourth-order valence-corrected chi connectivity index (χ4v) is 3.03. The van der Waals surface area contributed by atoms with Crippen molar-refractivity contribution in [1.29, 1.82) is 0 Å². The van der Waals surface area contributed by atoms with E-state index in [-0.39, 0.29) is 5.92 Å². The number of rotatable bonds is 3. The molecule has 0 spiro atoms. The van der Waals surface area contributed by atoms with Gasteiger partial charge in [-0.2, -0.15) is 0 Å². The number of alkyl halides is 1. The molecule has 0 saturated carbocycles. The van der Waals surface area contributed by atoms with E-state index in [4.69, 9.17) is 0 Å². The predicted octanol–water partition coefficient (Wildman–Crippen LogP) is 4.01. The quantitative estimate of drug-likeness (QED) is 0.813. The minimum atomic E-state index is -0.769. The summed E-state index contributed by atoms with van der Waals surface area (Å²) in [5, 5.41) is 0. The summed E-state index contributed by atoms with van der Waals surface area (Å²) in [7, 11) is 0. The molecule has 3 rings (SSSR count). The number of hydrogen-bond acceptors (Lipinski definition) is 1. The van der Waals surface area contributed by atoms with Crippen molar-refractivity contribution in [3.05, 3.63) is 71.8 Å². The number of likely N-dealkylation sites (tertiary alicyclic amines) is 1. The number of benzene rings is 2. The average molecular weight is 269 g/mol. The molecule has 1 aliphatic rings. The van der Waals surface area contributed by atoms with Crippen molar-refractivity contribution in [1.82, 2.24) is 4.90 Å². The van der Waals surface area contributed by atoms with Gasteiger partial charge in [-0.05, 0) is 24.1 Å². The lowest BCUT2D eigenvalue weighted by Gasteiger charge is -2.35. The molecule has 0 radical (unpaired) electrons. The van der Waals surface area contributed by atoms with Gasteiger partial charge < -0.3 is 0 Å². The third-order valence-corrected chi connectivity index (χ3v) is 4.10. The van der Waals surface area contributed by atoms with E-state index in [0.29, 0.717) is 6.54 Å². The Hall–Kier alpha value is -1.67. The van der Waals surface area contributed by atoms with Crippen LogP contribution in [0, 0.1) is 0 Å². The van der Waals surface area contributed by atoms with Crippen molar-refractivity contribution < 1.29 is 4.39 Å². The molecule has 1 saturated heterocycles. The Morgan fingerprint density at radius 3 is 2.25 bits per heavy atom. The summed E-state index contributed by atoms with van der Waals surface area (Å²) < 4.78 is 14.4. The highest BCUT2D eigenvalue weighted by molar-refractivity contribution is 5.22. The van der Waals surface area contributed by atoms with Crippen LogP contribution in [-0.2, 0) is 6.54 Å². The van der Waals surface area contributed by atoms with Gasteiger partial charge in [-0.25, -0.2) is 4.39 Å². The predicted molar refractivity (Wildman–Crippen MR) is 80.4 cm³/mol. The molecule has 2 unspecified atom stereocenters. The summed E-state index contributed by atoms with van der Waals surface area (Å²) in [6.45, 7) is 2.35. The highest BCUT2D eigenvalue weighted by Gasteiger charge is 2.29. The molecule has 0 aromatic heterocycles. The smallest absolute Gasteiger partial charge is 0.120 e. The number of piperidine rings is 1. The van der Waals surface area contributed by atoms with Gasteiger partial charge in [-0.1, -0.05) is 60.7 Å². The van der Waals surface area contributed by atoms with Gasteiger partial charge in [-0.3, -0.25) is 4.90 Å². The second-order valence-corrected chi connectivity index (χ2v) is 5.54. The van der Waals surface area contributed by atoms with Crippen LogP contribution in [0.3, 0.4) is 0 Å². The van der Waals surface area contributed by atoms with Crippen LogP contribution >= 0.6 is 0 Å². The first-order valence-electron chi connectivity index (χ1n) is 7.28. The van der Waals surface area contributed by atoms with Gasteiger partial charge in [0.2, 0.25) is 0 Å². The van der Waals surface area contributed by atoms with Gasteiger partial charge in [0.05, 0.1) is 0 Å². The summed E-state index contributed by atoms with van der Waals surface area (Å²) in [5.74, 6) is 0.0585. The van der Waals surface area contributed by atoms with Gasteiger partial charge in [-0.15, -0.1) is 0 Å². The molecular weight excluding hydrogens is 249 g/mol. The topological polar surface area (TPSA) is 3.24 Å². The number of nitrogens with zero attached hydrogens (tertiary/aromatic N) is 1. The van der Waals surface area contributed by atoms with Gasteiger partial charge in [0.25, 0.3) is 0 Å². The molecule has 0 aliphatic carbocycles. The van der Waals surface area contributed by atoms with E-state index in [1.807, 2.05) is 48.5 Å². The van der Waals surface area contributed by atoms with Crippen LogP contribution in [-0.4, -0.2) is 24.2 Å². The first-order chi connectivity index (χ1) is 9.83. The maximum Gasteiger partial charge on any atom is 0.120 e. The maximum absolute atomic E-state index is 14.4. The van der Waals surface area contributed by atoms with Crippen LogP contribution in [0.2, 0.25) is 0 Å². The molecule has 0 N–H and O–H groups in total. The molecule has 104 valence electrons. The van der Waals surface area contributed by atoms with E-state index in [2.05, 4.69) is 17.0 Å². The molecule has 20 heavy (non-hydrogen) atoms. The minimum absolute atomic E-state index is 0.0585. The van der Waals surface area contributed by atoms with Gasteiger partial charge in [0.1, 0.15) is 6.17 Å².